The summed E-state index contributed by atoms with van der Waals surface area (Å²) in [7, 11) is 0. The van der Waals surface area contributed by atoms with Crippen LogP contribution in [0.5, 0.6) is 0 Å². The Bertz CT molecular complexity index is 553. The van der Waals surface area contributed by atoms with Crippen molar-refractivity contribution in [1.29, 1.82) is 0 Å². The summed E-state index contributed by atoms with van der Waals surface area (Å²) in [6.45, 7) is 1.73. The Morgan fingerprint density at radius 2 is 2.20 bits per heavy atom. The summed E-state index contributed by atoms with van der Waals surface area (Å²) in [4.78, 5) is 12.4. The number of carbonyl (C=O) groups is 1. The Morgan fingerprint density at radius 1 is 1.35 bits per heavy atom. The van der Waals surface area contributed by atoms with Gasteiger partial charge in [-0.05, 0) is 50.2 Å². The molecule has 20 heavy (non-hydrogen) atoms. The van der Waals surface area contributed by atoms with E-state index in [9.17, 15) is 4.79 Å². The Hall–Kier alpha value is -1.84. The van der Waals surface area contributed by atoms with Gasteiger partial charge in [-0.25, -0.2) is 0 Å². The molecule has 106 valence electrons. The third kappa shape index (κ3) is 2.42. The number of hydrogen-bond acceptors (Lipinski definition) is 3. The molecular formula is C16H20N2O2. The molecule has 1 aromatic rings. The van der Waals surface area contributed by atoms with E-state index in [-0.39, 0.29) is 11.8 Å². The molecule has 2 aliphatic carbocycles. The molecule has 3 rings (SSSR count). The molecular weight excluding hydrogens is 252 g/mol. The monoisotopic (exact) mass is 272 g/mol. The summed E-state index contributed by atoms with van der Waals surface area (Å²) in [6.07, 6.45) is 4.79. The lowest BCUT2D eigenvalue weighted by molar-refractivity contribution is -0.121. The van der Waals surface area contributed by atoms with Gasteiger partial charge in [-0.1, -0.05) is 23.7 Å². The molecule has 0 saturated heterocycles. The molecule has 2 saturated carbocycles. The highest BCUT2D eigenvalue weighted by molar-refractivity contribution is 6.00. The van der Waals surface area contributed by atoms with Crippen LogP contribution < -0.4 is 5.32 Å². The second kappa shape index (κ2) is 5.27. The lowest BCUT2D eigenvalue weighted by Crippen LogP contribution is -2.27. The van der Waals surface area contributed by atoms with Crippen molar-refractivity contribution in [3.8, 4) is 0 Å². The molecule has 4 heteroatoms. The molecule has 3 atom stereocenters. The van der Waals surface area contributed by atoms with Gasteiger partial charge in [0.1, 0.15) is 0 Å². The van der Waals surface area contributed by atoms with Crippen molar-refractivity contribution in [1.82, 2.24) is 0 Å². The highest BCUT2D eigenvalue weighted by Gasteiger charge is 2.42. The van der Waals surface area contributed by atoms with Crippen LogP contribution in [0.3, 0.4) is 0 Å². The van der Waals surface area contributed by atoms with Crippen LogP contribution in [0.25, 0.3) is 0 Å². The second-order valence-corrected chi connectivity index (χ2v) is 6.04. The molecule has 2 bridgehead atoms. The first-order chi connectivity index (χ1) is 9.67. The average Bonchev–Trinajstić information content (AvgIpc) is 3.09. The van der Waals surface area contributed by atoms with Crippen molar-refractivity contribution in [3.05, 3.63) is 29.8 Å². The summed E-state index contributed by atoms with van der Waals surface area (Å²) < 4.78 is 0. The summed E-state index contributed by atoms with van der Waals surface area (Å²) in [6, 6.07) is 7.45. The van der Waals surface area contributed by atoms with E-state index < -0.39 is 0 Å². The van der Waals surface area contributed by atoms with Gasteiger partial charge in [0.05, 0.1) is 5.71 Å². The van der Waals surface area contributed by atoms with Gasteiger partial charge < -0.3 is 10.5 Å². The lowest BCUT2D eigenvalue weighted by Gasteiger charge is -2.20. The fraction of sp³-hybridized carbons (Fsp3) is 0.500. The van der Waals surface area contributed by atoms with Crippen molar-refractivity contribution < 1.29 is 10.0 Å². The van der Waals surface area contributed by atoms with Gasteiger partial charge in [0.25, 0.3) is 0 Å². The Balaban J connectivity index is 1.70. The minimum atomic E-state index is 0.146. The van der Waals surface area contributed by atoms with E-state index in [0.717, 1.165) is 23.6 Å². The average molecular weight is 272 g/mol. The first kappa shape index (κ1) is 13.2. The summed E-state index contributed by atoms with van der Waals surface area (Å²) in [5, 5.41) is 15.0. The number of carbonyl (C=O) groups excluding carboxylic acids is 1. The first-order valence-corrected chi connectivity index (χ1v) is 7.27. The van der Waals surface area contributed by atoms with Crippen molar-refractivity contribution >= 4 is 17.3 Å². The predicted molar refractivity (Wildman–Crippen MR) is 78.0 cm³/mol. The van der Waals surface area contributed by atoms with E-state index >= 15 is 0 Å². The fourth-order valence-corrected chi connectivity index (χ4v) is 3.68. The normalized spacial score (nSPS) is 28.6. The van der Waals surface area contributed by atoms with E-state index in [1.54, 1.807) is 6.92 Å². The minimum absolute atomic E-state index is 0.146. The molecule has 0 spiro atoms. The van der Waals surface area contributed by atoms with Crippen LogP contribution >= 0.6 is 0 Å². The SMILES string of the molecule is C/C(=N/O)c1cccc(NC(=O)C2CC3CCC2C3)c1. The maximum absolute atomic E-state index is 12.4. The number of oxime groups is 1. The molecule has 0 aromatic heterocycles. The summed E-state index contributed by atoms with van der Waals surface area (Å²) >= 11 is 0. The van der Waals surface area contributed by atoms with Crippen molar-refractivity contribution in [2.24, 2.45) is 22.9 Å². The number of benzene rings is 1. The third-order valence-electron chi connectivity index (χ3n) is 4.77. The van der Waals surface area contributed by atoms with E-state index in [2.05, 4.69) is 10.5 Å². The van der Waals surface area contributed by atoms with Crippen LogP contribution in [0.2, 0.25) is 0 Å². The van der Waals surface area contributed by atoms with Gasteiger partial charge in [-0.2, -0.15) is 0 Å². The molecule has 2 N–H and O–H groups in total. The van der Waals surface area contributed by atoms with Crippen LogP contribution in [0, 0.1) is 17.8 Å². The Morgan fingerprint density at radius 3 is 2.85 bits per heavy atom. The van der Waals surface area contributed by atoms with Gasteiger partial charge in [0.2, 0.25) is 5.91 Å². The zero-order valence-electron chi connectivity index (χ0n) is 11.7. The molecule has 4 nitrogen and oxygen atoms in total. The van der Waals surface area contributed by atoms with E-state index in [4.69, 9.17) is 5.21 Å². The number of nitrogens with zero attached hydrogens (tertiary/aromatic N) is 1. The zero-order chi connectivity index (χ0) is 14.1. The number of rotatable bonds is 3. The number of amides is 1. The number of hydrogen-bond donors (Lipinski definition) is 2. The van der Waals surface area contributed by atoms with Gasteiger partial charge in [0, 0.05) is 17.2 Å². The molecule has 1 aromatic carbocycles. The van der Waals surface area contributed by atoms with Crippen LogP contribution in [-0.4, -0.2) is 16.8 Å². The Kier molecular flexibility index (Phi) is 3.47. The highest BCUT2D eigenvalue weighted by Crippen LogP contribution is 2.48. The van der Waals surface area contributed by atoms with E-state index in [1.807, 2.05) is 24.3 Å². The van der Waals surface area contributed by atoms with Crippen LogP contribution in [0.4, 0.5) is 5.69 Å². The van der Waals surface area contributed by atoms with Crippen LogP contribution in [0.1, 0.15) is 38.2 Å². The second-order valence-electron chi connectivity index (χ2n) is 6.04. The standard InChI is InChI=1S/C16H20N2O2/c1-10(18-20)12-3-2-4-14(9-12)17-16(19)15-8-11-5-6-13(15)7-11/h2-4,9,11,13,15,20H,5-8H2,1H3,(H,17,19)/b18-10-. The van der Waals surface area contributed by atoms with Crippen LogP contribution in [0.15, 0.2) is 29.4 Å². The first-order valence-electron chi connectivity index (χ1n) is 7.27. The third-order valence-corrected chi connectivity index (χ3v) is 4.77. The topological polar surface area (TPSA) is 61.7 Å². The molecule has 0 aliphatic heterocycles. The van der Waals surface area contributed by atoms with Crippen molar-refractivity contribution in [2.75, 3.05) is 5.32 Å². The lowest BCUT2D eigenvalue weighted by atomic mass is 9.88. The van der Waals surface area contributed by atoms with E-state index in [1.165, 1.54) is 19.3 Å². The summed E-state index contributed by atoms with van der Waals surface area (Å²) in [5.41, 5.74) is 2.14. The number of nitrogens with one attached hydrogen (secondary N) is 1. The Labute approximate surface area is 118 Å². The molecule has 0 heterocycles. The molecule has 2 fully saturated rings. The predicted octanol–water partition coefficient (Wildman–Crippen LogP) is 3.26. The number of anilines is 1. The minimum Gasteiger partial charge on any atom is -0.411 e. The molecule has 1 amide bonds. The van der Waals surface area contributed by atoms with Crippen LogP contribution in [-0.2, 0) is 4.79 Å². The largest absolute Gasteiger partial charge is 0.411 e. The van der Waals surface area contributed by atoms with Crippen molar-refractivity contribution in [3.63, 3.8) is 0 Å². The van der Waals surface area contributed by atoms with Gasteiger partial charge in [-0.15, -0.1) is 0 Å². The van der Waals surface area contributed by atoms with Crippen molar-refractivity contribution in [2.45, 2.75) is 32.6 Å². The summed E-state index contributed by atoms with van der Waals surface area (Å²) in [5.74, 6) is 1.69. The molecule has 0 radical (unpaired) electrons. The quantitative estimate of drug-likeness (QED) is 0.504. The highest BCUT2D eigenvalue weighted by atomic mass is 16.4. The molecule has 2 aliphatic rings. The zero-order valence-corrected chi connectivity index (χ0v) is 11.7. The maximum atomic E-state index is 12.4. The maximum Gasteiger partial charge on any atom is 0.227 e. The number of fused-ring (bicyclic) bond motifs is 2. The van der Waals surface area contributed by atoms with E-state index in [0.29, 0.717) is 11.6 Å². The van der Waals surface area contributed by atoms with Gasteiger partial charge >= 0.3 is 0 Å². The molecule has 3 unspecified atom stereocenters. The van der Waals surface area contributed by atoms with Gasteiger partial charge in [0.15, 0.2) is 0 Å². The fourth-order valence-electron chi connectivity index (χ4n) is 3.68. The van der Waals surface area contributed by atoms with Gasteiger partial charge in [-0.3, -0.25) is 4.79 Å². The smallest absolute Gasteiger partial charge is 0.227 e.